The van der Waals surface area contributed by atoms with Crippen molar-refractivity contribution in [2.45, 2.75) is 46.0 Å². The van der Waals surface area contributed by atoms with Crippen molar-refractivity contribution in [2.24, 2.45) is 5.73 Å². The number of aliphatic hydroxyl groups is 4. The van der Waals surface area contributed by atoms with E-state index in [1.54, 1.807) is 20.8 Å². The summed E-state index contributed by atoms with van der Waals surface area (Å²) in [6.07, 6.45) is -2.27. The van der Waals surface area contributed by atoms with Gasteiger partial charge in [-0.1, -0.05) is 7.43 Å². The van der Waals surface area contributed by atoms with Crippen LogP contribution in [0.3, 0.4) is 0 Å². The lowest BCUT2D eigenvalue weighted by Gasteiger charge is -2.20. The number of aliphatic hydroxyl groups excluding tert-OH is 4. The van der Waals surface area contributed by atoms with E-state index < -0.39 is 23.9 Å². The molecule has 0 aromatic heterocycles. The van der Waals surface area contributed by atoms with Crippen molar-refractivity contribution < 1.29 is 30.0 Å². The Hall–Kier alpha value is -0.930. The van der Waals surface area contributed by atoms with Gasteiger partial charge < -0.3 is 36.2 Å². The van der Waals surface area contributed by atoms with Crippen LogP contribution in [0.2, 0.25) is 0 Å². The number of carbonyl (C=O) groups excluding carboxylic acids is 1. The molecule has 0 saturated carbocycles. The molecule has 0 aliphatic heterocycles. The number of hydrogen-bond donors (Lipinski definition) is 6. The zero-order valence-corrected chi connectivity index (χ0v) is 11.7. The summed E-state index contributed by atoms with van der Waals surface area (Å²) in [5.74, 6) is 0. The Kier molecular flexibility index (Phi) is 15.8. The molecule has 20 heavy (non-hydrogen) atoms. The van der Waals surface area contributed by atoms with Crippen LogP contribution in [0.15, 0.2) is 0 Å². The van der Waals surface area contributed by atoms with Crippen LogP contribution in [0.5, 0.6) is 0 Å². The third-order valence-corrected chi connectivity index (χ3v) is 1.57. The van der Waals surface area contributed by atoms with Gasteiger partial charge in [-0.15, -0.1) is 0 Å². The maximum absolute atomic E-state index is 11.0. The Morgan fingerprint density at radius 1 is 1.20 bits per heavy atom. The van der Waals surface area contributed by atoms with Crippen LogP contribution in [0, 0.1) is 0 Å². The average molecular weight is 298 g/mol. The predicted molar refractivity (Wildman–Crippen MR) is 76.2 cm³/mol. The van der Waals surface area contributed by atoms with Crippen LogP contribution in [-0.2, 0) is 4.74 Å². The first-order chi connectivity index (χ1) is 8.66. The van der Waals surface area contributed by atoms with Crippen LogP contribution < -0.4 is 11.1 Å². The first-order valence-electron chi connectivity index (χ1n) is 5.91. The number of nitrogens with two attached hydrogens (primary N) is 1. The second-order valence-electron chi connectivity index (χ2n) is 4.79. The van der Waals surface area contributed by atoms with Gasteiger partial charge in [-0.2, -0.15) is 0 Å². The zero-order chi connectivity index (χ0) is 15.5. The average Bonchev–Trinajstić information content (AvgIpc) is 2.33. The molecule has 0 fully saturated rings. The lowest BCUT2D eigenvalue weighted by molar-refractivity contribution is 0.0451. The highest BCUT2D eigenvalue weighted by Crippen LogP contribution is 2.06. The van der Waals surface area contributed by atoms with E-state index >= 15 is 0 Å². The maximum atomic E-state index is 11.0. The van der Waals surface area contributed by atoms with E-state index in [4.69, 9.17) is 30.9 Å². The molecule has 0 heterocycles. The maximum Gasteiger partial charge on any atom is 0.407 e. The molecule has 0 aliphatic carbocycles. The van der Waals surface area contributed by atoms with Crippen molar-refractivity contribution in [3.63, 3.8) is 0 Å². The van der Waals surface area contributed by atoms with Crippen molar-refractivity contribution in [2.75, 3.05) is 26.3 Å². The molecule has 0 rings (SSSR count). The van der Waals surface area contributed by atoms with Crippen LogP contribution in [0.1, 0.15) is 28.2 Å². The molecule has 0 spiro atoms. The molecule has 0 radical (unpaired) electrons. The first kappa shape index (κ1) is 24.1. The summed E-state index contributed by atoms with van der Waals surface area (Å²) in [6, 6.07) is 0. The SMILES string of the molecule is C.CC(C)(C)OC(=O)NCC(O)CO.NCC(O)CO. The van der Waals surface area contributed by atoms with Gasteiger partial charge in [0.15, 0.2) is 0 Å². The zero-order valence-electron chi connectivity index (χ0n) is 11.7. The van der Waals surface area contributed by atoms with Crippen molar-refractivity contribution in [3.05, 3.63) is 0 Å². The van der Waals surface area contributed by atoms with Gasteiger partial charge in [-0.3, -0.25) is 0 Å². The molecule has 8 heteroatoms. The number of rotatable bonds is 5. The largest absolute Gasteiger partial charge is 0.444 e. The monoisotopic (exact) mass is 298 g/mol. The van der Waals surface area contributed by atoms with Crippen LogP contribution in [0.25, 0.3) is 0 Å². The van der Waals surface area contributed by atoms with Gasteiger partial charge in [0, 0.05) is 13.1 Å². The Labute approximate surface area is 120 Å². The lowest BCUT2D eigenvalue weighted by atomic mass is 10.2. The van der Waals surface area contributed by atoms with E-state index in [0.29, 0.717) is 0 Å². The highest BCUT2D eigenvalue weighted by molar-refractivity contribution is 5.67. The van der Waals surface area contributed by atoms with Crippen molar-refractivity contribution in [1.29, 1.82) is 0 Å². The smallest absolute Gasteiger partial charge is 0.407 e. The van der Waals surface area contributed by atoms with Crippen LogP contribution in [-0.4, -0.2) is 70.6 Å². The third kappa shape index (κ3) is 19.4. The minimum Gasteiger partial charge on any atom is -0.444 e. The molecule has 0 bridgehead atoms. The highest BCUT2D eigenvalue weighted by atomic mass is 16.6. The molecule has 1 amide bonds. The van der Waals surface area contributed by atoms with Crippen molar-refractivity contribution >= 4 is 6.09 Å². The number of amides is 1. The van der Waals surface area contributed by atoms with Crippen molar-refractivity contribution in [3.8, 4) is 0 Å². The normalized spacial score (nSPS) is 13.2. The molecular weight excluding hydrogens is 268 g/mol. The van der Waals surface area contributed by atoms with Gasteiger partial charge in [0.1, 0.15) is 5.60 Å². The number of alkyl carbamates (subject to hydrolysis) is 1. The summed E-state index contributed by atoms with van der Waals surface area (Å²) in [5.41, 5.74) is 4.33. The fourth-order valence-corrected chi connectivity index (χ4v) is 0.654. The van der Waals surface area contributed by atoms with E-state index in [0.717, 1.165) is 0 Å². The summed E-state index contributed by atoms with van der Waals surface area (Å²) < 4.78 is 4.89. The summed E-state index contributed by atoms with van der Waals surface area (Å²) >= 11 is 0. The third-order valence-electron chi connectivity index (χ3n) is 1.57. The van der Waals surface area contributed by atoms with E-state index in [1.165, 1.54) is 0 Å². The second-order valence-corrected chi connectivity index (χ2v) is 4.79. The molecule has 0 saturated heterocycles. The molecule has 0 aliphatic rings. The molecule has 0 aromatic rings. The number of ether oxygens (including phenoxy) is 1. The lowest BCUT2D eigenvalue weighted by Crippen LogP contribution is -2.37. The van der Waals surface area contributed by atoms with E-state index in [2.05, 4.69) is 5.32 Å². The summed E-state index contributed by atoms with van der Waals surface area (Å²) in [6.45, 7) is 4.74. The molecule has 0 aromatic carbocycles. The second kappa shape index (κ2) is 13.1. The number of carbonyl (C=O) groups is 1. The Morgan fingerprint density at radius 3 is 1.90 bits per heavy atom. The van der Waals surface area contributed by atoms with Crippen LogP contribution in [0.4, 0.5) is 4.79 Å². The van der Waals surface area contributed by atoms with Gasteiger partial charge >= 0.3 is 6.09 Å². The quantitative estimate of drug-likeness (QED) is 0.374. The Balaban J connectivity index is -0.000000352. The predicted octanol–water partition coefficient (Wildman–Crippen LogP) is -1.20. The van der Waals surface area contributed by atoms with Gasteiger partial charge in [0.05, 0.1) is 25.4 Å². The fraction of sp³-hybridized carbons (Fsp3) is 0.917. The van der Waals surface area contributed by atoms with Gasteiger partial charge in [0.2, 0.25) is 0 Å². The standard InChI is InChI=1S/C8H17NO4.C3H9NO2.CH4/c1-8(2,3)13-7(12)9-4-6(11)5-10;4-1-3(6)2-5;/h6,10-11H,4-5H2,1-3H3,(H,9,12);3,5-6H,1-2,4H2;1H4. The van der Waals surface area contributed by atoms with Crippen LogP contribution >= 0.6 is 0 Å². The topological polar surface area (TPSA) is 145 Å². The molecular formula is C12H30N2O6. The Morgan fingerprint density at radius 2 is 1.65 bits per heavy atom. The molecule has 8 nitrogen and oxygen atoms in total. The van der Waals surface area contributed by atoms with E-state index in [9.17, 15) is 4.79 Å². The van der Waals surface area contributed by atoms with Gasteiger partial charge in [-0.25, -0.2) is 4.79 Å². The minimum atomic E-state index is -0.937. The summed E-state index contributed by atoms with van der Waals surface area (Å²) in [4.78, 5) is 11.0. The number of hydrogen-bond acceptors (Lipinski definition) is 7. The van der Waals surface area contributed by atoms with Gasteiger partial charge in [0.25, 0.3) is 0 Å². The highest BCUT2D eigenvalue weighted by Gasteiger charge is 2.16. The first-order valence-corrected chi connectivity index (χ1v) is 5.91. The fourth-order valence-electron chi connectivity index (χ4n) is 0.654. The van der Waals surface area contributed by atoms with Gasteiger partial charge in [-0.05, 0) is 20.8 Å². The molecule has 2 unspecified atom stereocenters. The minimum absolute atomic E-state index is 0. The number of nitrogens with one attached hydrogen (secondary N) is 1. The molecule has 2 atom stereocenters. The van der Waals surface area contributed by atoms with E-state index in [1.807, 2.05) is 0 Å². The summed E-state index contributed by atoms with van der Waals surface area (Å²) in [5, 5.41) is 35.9. The van der Waals surface area contributed by atoms with Crippen molar-refractivity contribution in [1.82, 2.24) is 5.32 Å². The summed E-state index contributed by atoms with van der Waals surface area (Å²) in [7, 11) is 0. The Bertz CT molecular complexity index is 228. The molecule has 7 N–H and O–H groups in total. The van der Waals surface area contributed by atoms with E-state index in [-0.39, 0.29) is 33.7 Å². The molecule has 124 valence electrons.